The summed E-state index contributed by atoms with van der Waals surface area (Å²) in [5.41, 5.74) is 3.13. The highest BCUT2D eigenvalue weighted by Gasteiger charge is 2.27. The Morgan fingerprint density at radius 1 is 0.939 bits per heavy atom. The molecule has 0 aliphatic heterocycles. The molecule has 0 radical (unpaired) electrons. The third-order valence-electron chi connectivity index (χ3n) is 6.09. The van der Waals surface area contributed by atoms with Crippen molar-refractivity contribution in [2.24, 2.45) is 5.92 Å². The Balaban J connectivity index is 1.43. The molecule has 0 atom stereocenters. The van der Waals surface area contributed by atoms with Crippen LogP contribution in [0.5, 0.6) is 5.75 Å². The molecule has 0 saturated heterocycles. The SMILES string of the molecule is CCc1ccc(C(=O)NCCNC(=O)c2ccc(O[C@H]3CC[C@@H](C(=O)O)CC3)cc2C)cc1. The van der Waals surface area contributed by atoms with Gasteiger partial charge in [-0.15, -0.1) is 0 Å². The van der Waals surface area contributed by atoms with Gasteiger partial charge in [-0.05, 0) is 80.5 Å². The van der Waals surface area contributed by atoms with Crippen molar-refractivity contribution < 1.29 is 24.2 Å². The first-order chi connectivity index (χ1) is 15.9. The van der Waals surface area contributed by atoms with Crippen LogP contribution in [0.15, 0.2) is 42.5 Å². The minimum absolute atomic E-state index is 0.00136. The van der Waals surface area contributed by atoms with E-state index in [2.05, 4.69) is 17.6 Å². The maximum Gasteiger partial charge on any atom is 0.306 e. The summed E-state index contributed by atoms with van der Waals surface area (Å²) in [5, 5.41) is 14.8. The Bertz CT molecular complexity index is 979. The van der Waals surface area contributed by atoms with Gasteiger partial charge in [0.1, 0.15) is 5.75 Å². The molecule has 1 fully saturated rings. The third-order valence-corrected chi connectivity index (χ3v) is 6.09. The number of carbonyl (C=O) groups excluding carboxylic acids is 2. The number of benzene rings is 2. The number of carboxylic acids is 1. The Morgan fingerprint density at radius 2 is 1.58 bits per heavy atom. The van der Waals surface area contributed by atoms with E-state index in [9.17, 15) is 14.4 Å². The standard InChI is InChI=1S/C26H32N2O5/c1-3-18-4-6-19(7-5-18)24(29)27-14-15-28-25(30)23-13-12-22(16-17(23)2)33-21-10-8-20(9-11-21)26(31)32/h4-7,12-13,16,20-21H,3,8-11,14-15H2,1-2H3,(H,27,29)(H,28,30)(H,31,32)/t20-,21+. The van der Waals surface area contributed by atoms with Gasteiger partial charge in [-0.3, -0.25) is 14.4 Å². The van der Waals surface area contributed by atoms with Gasteiger partial charge in [-0.2, -0.15) is 0 Å². The molecule has 0 unspecified atom stereocenters. The molecule has 0 heterocycles. The zero-order chi connectivity index (χ0) is 23.8. The van der Waals surface area contributed by atoms with Gasteiger partial charge in [0.05, 0.1) is 12.0 Å². The maximum absolute atomic E-state index is 12.5. The summed E-state index contributed by atoms with van der Waals surface area (Å²) in [7, 11) is 0. The smallest absolute Gasteiger partial charge is 0.306 e. The molecular formula is C26H32N2O5. The number of hydrogen-bond donors (Lipinski definition) is 3. The van der Waals surface area contributed by atoms with Crippen molar-refractivity contribution >= 4 is 17.8 Å². The normalized spacial score (nSPS) is 17.8. The lowest BCUT2D eigenvalue weighted by atomic mass is 9.87. The fraction of sp³-hybridized carbons (Fsp3) is 0.423. The molecule has 2 aromatic carbocycles. The summed E-state index contributed by atoms with van der Waals surface area (Å²) in [5.74, 6) is -0.692. The highest BCUT2D eigenvalue weighted by molar-refractivity contribution is 5.96. The lowest BCUT2D eigenvalue weighted by Crippen LogP contribution is -2.35. The Labute approximate surface area is 194 Å². The predicted octanol–water partition coefficient (Wildman–Crippen LogP) is 3.74. The molecule has 7 nitrogen and oxygen atoms in total. The number of carboxylic acid groups (broad SMARTS) is 1. The van der Waals surface area contributed by atoms with Gasteiger partial charge in [0.25, 0.3) is 11.8 Å². The highest BCUT2D eigenvalue weighted by atomic mass is 16.5. The fourth-order valence-corrected chi connectivity index (χ4v) is 4.03. The van der Waals surface area contributed by atoms with Crippen molar-refractivity contribution in [1.82, 2.24) is 10.6 Å². The number of rotatable bonds is 9. The van der Waals surface area contributed by atoms with Crippen LogP contribution in [0, 0.1) is 12.8 Å². The zero-order valence-corrected chi connectivity index (χ0v) is 19.2. The van der Waals surface area contributed by atoms with Crippen LogP contribution in [0.1, 0.15) is 64.4 Å². The van der Waals surface area contributed by atoms with Crippen molar-refractivity contribution in [2.45, 2.75) is 52.1 Å². The lowest BCUT2D eigenvalue weighted by molar-refractivity contribution is -0.143. The first kappa shape index (κ1) is 24.3. The fourth-order valence-electron chi connectivity index (χ4n) is 4.03. The number of aryl methyl sites for hydroxylation is 2. The Morgan fingerprint density at radius 3 is 2.15 bits per heavy atom. The number of ether oxygens (including phenoxy) is 1. The topological polar surface area (TPSA) is 105 Å². The van der Waals surface area contributed by atoms with Crippen LogP contribution >= 0.6 is 0 Å². The molecule has 0 aromatic heterocycles. The van der Waals surface area contributed by atoms with E-state index in [1.165, 1.54) is 5.56 Å². The van der Waals surface area contributed by atoms with E-state index in [0.29, 0.717) is 55.6 Å². The second kappa shape index (κ2) is 11.5. The molecule has 3 rings (SSSR count). The minimum Gasteiger partial charge on any atom is -0.490 e. The van der Waals surface area contributed by atoms with Crippen LogP contribution in [-0.2, 0) is 11.2 Å². The van der Waals surface area contributed by atoms with Crippen molar-refractivity contribution in [2.75, 3.05) is 13.1 Å². The van der Waals surface area contributed by atoms with Crippen LogP contribution in [0.4, 0.5) is 0 Å². The molecule has 2 aromatic rings. The summed E-state index contributed by atoms with van der Waals surface area (Å²) in [6.45, 7) is 4.57. The average Bonchev–Trinajstić information content (AvgIpc) is 2.82. The number of aliphatic carboxylic acids is 1. The van der Waals surface area contributed by atoms with Gasteiger partial charge in [0.15, 0.2) is 0 Å². The average molecular weight is 453 g/mol. The first-order valence-electron chi connectivity index (χ1n) is 11.5. The van der Waals surface area contributed by atoms with Crippen molar-refractivity contribution in [3.63, 3.8) is 0 Å². The van der Waals surface area contributed by atoms with Crippen LogP contribution in [0.25, 0.3) is 0 Å². The van der Waals surface area contributed by atoms with Crippen LogP contribution in [-0.4, -0.2) is 42.1 Å². The largest absolute Gasteiger partial charge is 0.490 e. The van der Waals surface area contributed by atoms with E-state index in [-0.39, 0.29) is 23.8 Å². The maximum atomic E-state index is 12.5. The third kappa shape index (κ3) is 6.81. The van der Waals surface area contributed by atoms with Gasteiger partial charge >= 0.3 is 5.97 Å². The van der Waals surface area contributed by atoms with E-state index in [0.717, 1.165) is 12.0 Å². The molecule has 176 valence electrons. The lowest BCUT2D eigenvalue weighted by Gasteiger charge is -2.27. The molecular weight excluding hydrogens is 420 g/mol. The number of carbonyl (C=O) groups is 3. The second-order valence-electron chi connectivity index (χ2n) is 8.47. The van der Waals surface area contributed by atoms with Crippen LogP contribution in [0.3, 0.4) is 0 Å². The molecule has 0 bridgehead atoms. The van der Waals surface area contributed by atoms with Gasteiger partial charge < -0.3 is 20.5 Å². The van der Waals surface area contributed by atoms with E-state index in [1.54, 1.807) is 24.3 Å². The van der Waals surface area contributed by atoms with Crippen LogP contribution < -0.4 is 15.4 Å². The van der Waals surface area contributed by atoms with Gasteiger partial charge in [0.2, 0.25) is 0 Å². The summed E-state index contributed by atoms with van der Waals surface area (Å²) in [6.07, 6.45) is 3.61. The molecule has 0 spiro atoms. The highest BCUT2D eigenvalue weighted by Crippen LogP contribution is 2.28. The van der Waals surface area contributed by atoms with Gasteiger partial charge in [-0.25, -0.2) is 0 Å². The van der Waals surface area contributed by atoms with E-state index < -0.39 is 5.97 Å². The van der Waals surface area contributed by atoms with Gasteiger partial charge in [-0.1, -0.05) is 19.1 Å². The Hall–Kier alpha value is -3.35. The molecule has 7 heteroatoms. The van der Waals surface area contributed by atoms with Crippen molar-refractivity contribution in [3.8, 4) is 5.75 Å². The van der Waals surface area contributed by atoms with Crippen molar-refractivity contribution in [3.05, 3.63) is 64.7 Å². The number of hydrogen-bond acceptors (Lipinski definition) is 4. The van der Waals surface area contributed by atoms with E-state index in [4.69, 9.17) is 9.84 Å². The Kier molecular flexibility index (Phi) is 8.46. The molecule has 2 amide bonds. The van der Waals surface area contributed by atoms with E-state index in [1.807, 2.05) is 25.1 Å². The quantitative estimate of drug-likeness (QED) is 0.503. The second-order valence-corrected chi connectivity index (χ2v) is 8.47. The van der Waals surface area contributed by atoms with Crippen molar-refractivity contribution in [1.29, 1.82) is 0 Å². The molecule has 1 aliphatic rings. The van der Waals surface area contributed by atoms with Gasteiger partial charge in [0, 0.05) is 24.2 Å². The molecule has 33 heavy (non-hydrogen) atoms. The zero-order valence-electron chi connectivity index (χ0n) is 19.2. The first-order valence-corrected chi connectivity index (χ1v) is 11.5. The summed E-state index contributed by atoms with van der Waals surface area (Å²) < 4.78 is 6.01. The van der Waals surface area contributed by atoms with Crippen LogP contribution in [0.2, 0.25) is 0 Å². The molecule has 1 aliphatic carbocycles. The minimum atomic E-state index is -0.732. The number of amides is 2. The summed E-state index contributed by atoms with van der Waals surface area (Å²) in [4.78, 5) is 35.8. The molecule has 1 saturated carbocycles. The predicted molar refractivity (Wildman–Crippen MR) is 126 cm³/mol. The monoisotopic (exact) mass is 452 g/mol. The number of nitrogens with one attached hydrogen (secondary N) is 2. The summed E-state index contributed by atoms with van der Waals surface area (Å²) >= 11 is 0. The molecule has 3 N–H and O–H groups in total. The van der Waals surface area contributed by atoms with E-state index >= 15 is 0 Å². The summed E-state index contributed by atoms with van der Waals surface area (Å²) in [6, 6.07) is 12.8.